The summed E-state index contributed by atoms with van der Waals surface area (Å²) in [4.78, 5) is 25.8. The fourth-order valence-electron chi connectivity index (χ4n) is 2.40. The molecular formula is C15H21N3O3. The molecule has 1 aromatic carbocycles. The molecule has 1 fully saturated rings. The number of piperidine rings is 1. The number of nitrogens with zero attached hydrogens (tertiary/aromatic N) is 2. The van der Waals surface area contributed by atoms with Gasteiger partial charge in [0.05, 0.1) is 0 Å². The number of urea groups is 1. The third kappa shape index (κ3) is 4.37. The van der Waals surface area contributed by atoms with Crippen LogP contribution in [0.4, 0.5) is 16.2 Å². The molecule has 0 spiro atoms. The van der Waals surface area contributed by atoms with E-state index < -0.39 is 12.0 Å². The molecule has 6 heteroatoms. The molecule has 1 aliphatic heterocycles. The van der Waals surface area contributed by atoms with Crippen LogP contribution < -0.4 is 10.2 Å². The summed E-state index contributed by atoms with van der Waals surface area (Å²) >= 11 is 0. The first-order valence-electron chi connectivity index (χ1n) is 7.15. The summed E-state index contributed by atoms with van der Waals surface area (Å²) in [6.45, 7) is 1.83. The minimum atomic E-state index is -1.03. The first kappa shape index (κ1) is 15.2. The molecule has 0 aliphatic carbocycles. The quantitative estimate of drug-likeness (QED) is 0.892. The number of carboxylic acid groups (broad SMARTS) is 1. The Balaban J connectivity index is 1.92. The molecule has 0 bridgehead atoms. The highest BCUT2D eigenvalue weighted by Crippen LogP contribution is 2.21. The van der Waals surface area contributed by atoms with Crippen molar-refractivity contribution in [2.75, 3.05) is 36.9 Å². The number of anilines is 2. The van der Waals surface area contributed by atoms with Gasteiger partial charge in [-0.15, -0.1) is 0 Å². The summed E-state index contributed by atoms with van der Waals surface area (Å²) in [7, 11) is 1.45. The lowest BCUT2D eigenvalue weighted by Gasteiger charge is -2.28. The van der Waals surface area contributed by atoms with Crippen LogP contribution in [0.25, 0.3) is 0 Å². The van der Waals surface area contributed by atoms with E-state index in [-0.39, 0.29) is 6.54 Å². The van der Waals surface area contributed by atoms with Crippen molar-refractivity contribution in [3.63, 3.8) is 0 Å². The molecule has 114 valence electrons. The smallest absolute Gasteiger partial charge is 0.323 e. The lowest BCUT2D eigenvalue weighted by Crippen LogP contribution is -2.35. The SMILES string of the molecule is CN(CC(=O)O)C(=O)Nc1ccc(N2CCCCC2)cc1. The summed E-state index contributed by atoms with van der Waals surface area (Å²) in [5.41, 5.74) is 1.82. The fourth-order valence-corrected chi connectivity index (χ4v) is 2.40. The molecule has 2 rings (SSSR count). The van der Waals surface area contributed by atoms with E-state index in [9.17, 15) is 9.59 Å². The molecule has 1 heterocycles. The van der Waals surface area contributed by atoms with Gasteiger partial charge in [-0.2, -0.15) is 0 Å². The highest BCUT2D eigenvalue weighted by molar-refractivity contribution is 5.91. The predicted octanol–water partition coefficient (Wildman–Crippen LogP) is 2.23. The van der Waals surface area contributed by atoms with Gasteiger partial charge in [-0.1, -0.05) is 0 Å². The minimum Gasteiger partial charge on any atom is -0.480 e. The van der Waals surface area contributed by atoms with Crippen LogP contribution in [0.5, 0.6) is 0 Å². The van der Waals surface area contributed by atoms with Crippen molar-refractivity contribution in [1.29, 1.82) is 0 Å². The van der Waals surface area contributed by atoms with E-state index in [1.54, 1.807) is 0 Å². The first-order chi connectivity index (χ1) is 10.1. The van der Waals surface area contributed by atoms with Gasteiger partial charge >= 0.3 is 12.0 Å². The number of hydrogen-bond acceptors (Lipinski definition) is 3. The average Bonchev–Trinajstić information content (AvgIpc) is 2.48. The van der Waals surface area contributed by atoms with Crippen LogP contribution in [0.15, 0.2) is 24.3 Å². The Kier molecular flexibility index (Phi) is 5.03. The molecule has 21 heavy (non-hydrogen) atoms. The Labute approximate surface area is 124 Å². The number of carbonyl (C=O) groups excluding carboxylic acids is 1. The maximum absolute atomic E-state index is 11.8. The van der Waals surface area contributed by atoms with Crippen LogP contribution in [0.1, 0.15) is 19.3 Å². The summed E-state index contributed by atoms with van der Waals surface area (Å²) in [6, 6.07) is 7.23. The number of aliphatic carboxylic acids is 1. The van der Waals surface area contributed by atoms with Crippen LogP contribution in [-0.4, -0.2) is 48.7 Å². The van der Waals surface area contributed by atoms with Gasteiger partial charge in [0, 0.05) is 31.5 Å². The molecule has 2 N–H and O–H groups in total. The van der Waals surface area contributed by atoms with Gasteiger partial charge in [0.1, 0.15) is 6.54 Å². The molecule has 6 nitrogen and oxygen atoms in total. The van der Waals surface area contributed by atoms with E-state index in [2.05, 4.69) is 10.2 Å². The average molecular weight is 291 g/mol. The normalized spacial score (nSPS) is 14.6. The maximum atomic E-state index is 11.8. The first-order valence-corrected chi connectivity index (χ1v) is 7.15. The molecule has 1 saturated heterocycles. The number of carboxylic acids is 1. The van der Waals surface area contributed by atoms with Gasteiger partial charge in [0.2, 0.25) is 0 Å². The second-order valence-corrected chi connectivity index (χ2v) is 5.27. The molecule has 0 saturated carbocycles. The second-order valence-electron chi connectivity index (χ2n) is 5.27. The third-order valence-corrected chi connectivity index (χ3v) is 3.56. The zero-order valence-corrected chi connectivity index (χ0v) is 12.2. The van der Waals surface area contributed by atoms with Gasteiger partial charge in [-0.3, -0.25) is 4.79 Å². The van der Waals surface area contributed by atoms with E-state index in [1.807, 2.05) is 24.3 Å². The van der Waals surface area contributed by atoms with E-state index in [0.29, 0.717) is 5.69 Å². The molecule has 0 unspecified atom stereocenters. The zero-order valence-electron chi connectivity index (χ0n) is 12.2. The summed E-state index contributed by atoms with van der Waals surface area (Å²) < 4.78 is 0. The minimum absolute atomic E-state index is 0.322. The lowest BCUT2D eigenvalue weighted by molar-refractivity contribution is -0.137. The highest BCUT2D eigenvalue weighted by atomic mass is 16.4. The monoisotopic (exact) mass is 291 g/mol. The van der Waals surface area contributed by atoms with Crippen molar-refractivity contribution in [2.45, 2.75) is 19.3 Å². The number of carbonyl (C=O) groups is 2. The van der Waals surface area contributed by atoms with E-state index in [4.69, 9.17) is 5.11 Å². The molecule has 1 aromatic rings. The zero-order chi connectivity index (χ0) is 15.2. The molecule has 0 aromatic heterocycles. The van der Waals surface area contributed by atoms with Gasteiger partial charge in [0.15, 0.2) is 0 Å². The van der Waals surface area contributed by atoms with Crippen molar-refractivity contribution in [3.8, 4) is 0 Å². The van der Waals surface area contributed by atoms with Crippen molar-refractivity contribution < 1.29 is 14.7 Å². The molecular weight excluding hydrogens is 270 g/mol. The molecule has 0 atom stereocenters. The Bertz CT molecular complexity index is 495. The number of likely N-dealkylation sites (N-methyl/N-ethyl adjacent to an activating group) is 1. The topological polar surface area (TPSA) is 72.9 Å². The maximum Gasteiger partial charge on any atom is 0.323 e. The Morgan fingerprint density at radius 2 is 1.81 bits per heavy atom. The Hall–Kier alpha value is -2.24. The van der Waals surface area contributed by atoms with Crippen molar-refractivity contribution in [2.24, 2.45) is 0 Å². The van der Waals surface area contributed by atoms with E-state index in [0.717, 1.165) is 23.7 Å². The summed E-state index contributed by atoms with van der Waals surface area (Å²) in [5.74, 6) is -1.03. The van der Waals surface area contributed by atoms with Gasteiger partial charge < -0.3 is 20.2 Å². The van der Waals surface area contributed by atoms with Crippen LogP contribution in [0.3, 0.4) is 0 Å². The van der Waals surface area contributed by atoms with Crippen LogP contribution in [0.2, 0.25) is 0 Å². The number of amides is 2. The number of rotatable bonds is 4. The molecule has 0 radical (unpaired) electrons. The molecule has 2 amide bonds. The predicted molar refractivity (Wildman–Crippen MR) is 81.8 cm³/mol. The van der Waals surface area contributed by atoms with Crippen molar-refractivity contribution >= 4 is 23.4 Å². The summed E-state index contributed by atoms with van der Waals surface area (Å²) in [6.07, 6.45) is 3.73. The van der Waals surface area contributed by atoms with Crippen LogP contribution in [0, 0.1) is 0 Å². The highest BCUT2D eigenvalue weighted by Gasteiger charge is 2.13. The third-order valence-electron chi connectivity index (χ3n) is 3.56. The van der Waals surface area contributed by atoms with Crippen LogP contribution in [-0.2, 0) is 4.79 Å². The van der Waals surface area contributed by atoms with E-state index in [1.165, 1.54) is 26.3 Å². The summed E-state index contributed by atoms with van der Waals surface area (Å²) in [5, 5.41) is 11.3. The Morgan fingerprint density at radius 3 is 2.38 bits per heavy atom. The lowest BCUT2D eigenvalue weighted by atomic mass is 10.1. The second kappa shape index (κ2) is 6.97. The van der Waals surface area contributed by atoms with Gasteiger partial charge in [-0.25, -0.2) is 4.79 Å². The largest absolute Gasteiger partial charge is 0.480 e. The number of hydrogen-bond donors (Lipinski definition) is 2. The van der Waals surface area contributed by atoms with Crippen molar-refractivity contribution in [1.82, 2.24) is 4.90 Å². The fraction of sp³-hybridized carbons (Fsp3) is 0.467. The Morgan fingerprint density at radius 1 is 1.19 bits per heavy atom. The van der Waals surface area contributed by atoms with Gasteiger partial charge in [-0.05, 0) is 43.5 Å². The number of benzene rings is 1. The van der Waals surface area contributed by atoms with Gasteiger partial charge in [0.25, 0.3) is 0 Å². The molecule has 1 aliphatic rings. The van der Waals surface area contributed by atoms with Crippen LogP contribution >= 0.6 is 0 Å². The number of nitrogens with one attached hydrogen (secondary N) is 1. The standard InChI is InChI=1S/C15H21N3O3/c1-17(11-14(19)20)15(21)16-12-5-7-13(8-6-12)18-9-3-2-4-10-18/h5-8H,2-4,9-11H2,1H3,(H,16,21)(H,19,20). The van der Waals surface area contributed by atoms with Crippen molar-refractivity contribution in [3.05, 3.63) is 24.3 Å². The van der Waals surface area contributed by atoms with E-state index >= 15 is 0 Å².